The SMILES string of the molecule is CC#CCCC(NN)c1cccc2c1OCCO2. The van der Waals surface area contributed by atoms with Crippen LogP contribution in [-0.4, -0.2) is 13.2 Å². The summed E-state index contributed by atoms with van der Waals surface area (Å²) in [6.45, 7) is 3.01. The maximum absolute atomic E-state index is 5.69. The molecule has 0 amide bonds. The van der Waals surface area contributed by atoms with Crippen LogP contribution in [-0.2, 0) is 0 Å². The van der Waals surface area contributed by atoms with Crippen LogP contribution in [0.3, 0.4) is 0 Å². The number of nitrogens with one attached hydrogen (secondary N) is 1. The molecule has 0 saturated heterocycles. The average Bonchev–Trinajstić information content (AvgIpc) is 2.43. The van der Waals surface area contributed by atoms with E-state index in [2.05, 4.69) is 17.3 Å². The van der Waals surface area contributed by atoms with Gasteiger partial charge < -0.3 is 9.47 Å². The second-order valence-corrected chi connectivity index (χ2v) is 4.06. The number of rotatable bonds is 4. The van der Waals surface area contributed by atoms with Gasteiger partial charge in [-0.25, -0.2) is 0 Å². The Kier molecular flexibility index (Phi) is 4.46. The van der Waals surface area contributed by atoms with Crippen molar-refractivity contribution in [2.45, 2.75) is 25.8 Å². The molecule has 0 spiro atoms. The minimum atomic E-state index is 0.0301. The van der Waals surface area contributed by atoms with Crippen LogP contribution in [0.25, 0.3) is 0 Å². The van der Waals surface area contributed by atoms with Crippen molar-refractivity contribution in [2.24, 2.45) is 5.84 Å². The van der Waals surface area contributed by atoms with E-state index in [1.165, 1.54) is 0 Å². The second-order valence-electron chi connectivity index (χ2n) is 4.06. The lowest BCUT2D eigenvalue weighted by molar-refractivity contribution is 0.168. The van der Waals surface area contributed by atoms with Crippen molar-refractivity contribution in [2.75, 3.05) is 13.2 Å². The summed E-state index contributed by atoms with van der Waals surface area (Å²) in [7, 11) is 0. The fourth-order valence-corrected chi connectivity index (χ4v) is 2.04. The summed E-state index contributed by atoms with van der Waals surface area (Å²) in [6.07, 6.45) is 1.65. The van der Waals surface area contributed by atoms with E-state index in [1.54, 1.807) is 0 Å². The lowest BCUT2D eigenvalue weighted by Crippen LogP contribution is -2.29. The number of fused-ring (bicyclic) bond motifs is 1. The van der Waals surface area contributed by atoms with Gasteiger partial charge in [0.2, 0.25) is 0 Å². The predicted octanol–water partition coefficient (Wildman–Crippen LogP) is 1.77. The van der Waals surface area contributed by atoms with Gasteiger partial charge in [0.1, 0.15) is 13.2 Å². The van der Waals surface area contributed by atoms with Gasteiger partial charge in [-0.15, -0.1) is 11.8 Å². The number of para-hydroxylation sites is 1. The Morgan fingerprint density at radius 1 is 1.39 bits per heavy atom. The lowest BCUT2D eigenvalue weighted by atomic mass is 10.0. The summed E-state index contributed by atoms with van der Waals surface area (Å²) >= 11 is 0. The molecule has 1 aromatic rings. The van der Waals surface area contributed by atoms with E-state index in [4.69, 9.17) is 15.3 Å². The van der Waals surface area contributed by atoms with Crippen LogP contribution in [0.5, 0.6) is 11.5 Å². The Hall–Kier alpha value is -1.70. The van der Waals surface area contributed by atoms with E-state index in [0.717, 1.165) is 29.9 Å². The Balaban J connectivity index is 2.21. The van der Waals surface area contributed by atoms with Gasteiger partial charge in [-0.05, 0) is 19.4 Å². The summed E-state index contributed by atoms with van der Waals surface area (Å²) in [5.41, 5.74) is 3.86. The normalized spacial score (nSPS) is 14.6. The molecule has 0 radical (unpaired) electrons. The molecule has 1 aliphatic heterocycles. The number of nitrogens with two attached hydrogens (primary N) is 1. The van der Waals surface area contributed by atoms with Gasteiger partial charge in [0.05, 0.1) is 6.04 Å². The lowest BCUT2D eigenvalue weighted by Gasteiger charge is -2.24. The molecule has 0 aliphatic carbocycles. The first kappa shape index (κ1) is 12.7. The van der Waals surface area contributed by atoms with Gasteiger partial charge in [-0.3, -0.25) is 11.3 Å². The van der Waals surface area contributed by atoms with Crippen LogP contribution in [0.1, 0.15) is 31.4 Å². The summed E-state index contributed by atoms with van der Waals surface area (Å²) in [4.78, 5) is 0. The van der Waals surface area contributed by atoms with Crippen LogP contribution in [0, 0.1) is 11.8 Å². The Morgan fingerprint density at radius 3 is 3.00 bits per heavy atom. The van der Waals surface area contributed by atoms with Crippen molar-refractivity contribution in [3.05, 3.63) is 23.8 Å². The third-order valence-corrected chi connectivity index (χ3v) is 2.91. The largest absolute Gasteiger partial charge is 0.486 e. The van der Waals surface area contributed by atoms with E-state index >= 15 is 0 Å². The fourth-order valence-electron chi connectivity index (χ4n) is 2.04. The highest BCUT2D eigenvalue weighted by Gasteiger charge is 2.20. The van der Waals surface area contributed by atoms with E-state index in [1.807, 2.05) is 25.1 Å². The number of hydrogen-bond donors (Lipinski definition) is 2. The molecule has 1 heterocycles. The van der Waals surface area contributed by atoms with Crippen LogP contribution >= 0.6 is 0 Å². The van der Waals surface area contributed by atoms with Gasteiger partial charge in [0.15, 0.2) is 11.5 Å². The summed E-state index contributed by atoms with van der Waals surface area (Å²) < 4.78 is 11.2. The molecule has 1 aliphatic rings. The number of benzene rings is 1. The molecule has 0 aromatic heterocycles. The van der Waals surface area contributed by atoms with Gasteiger partial charge in [0, 0.05) is 12.0 Å². The van der Waals surface area contributed by atoms with E-state index in [0.29, 0.717) is 13.2 Å². The van der Waals surface area contributed by atoms with Gasteiger partial charge >= 0.3 is 0 Å². The first-order valence-electron chi connectivity index (χ1n) is 6.11. The van der Waals surface area contributed by atoms with Gasteiger partial charge in [-0.1, -0.05) is 12.1 Å². The summed E-state index contributed by atoms with van der Waals surface area (Å²) in [5.74, 6) is 13.2. The van der Waals surface area contributed by atoms with Crippen LogP contribution < -0.4 is 20.7 Å². The van der Waals surface area contributed by atoms with Crippen LogP contribution in [0.15, 0.2) is 18.2 Å². The molecule has 4 heteroatoms. The van der Waals surface area contributed by atoms with E-state index in [9.17, 15) is 0 Å². The molecule has 1 aromatic carbocycles. The molecular formula is C14H18N2O2. The zero-order valence-corrected chi connectivity index (χ0v) is 10.5. The monoisotopic (exact) mass is 246 g/mol. The average molecular weight is 246 g/mol. The molecule has 0 bridgehead atoms. The number of ether oxygens (including phenoxy) is 2. The number of hydrazine groups is 1. The molecule has 4 nitrogen and oxygen atoms in total. The van der Waals surface area contributed by atoms with E-state index in [-0.39, 0.29) is 6.04 Å². The highest BCUT2D eigenvalue weighted by Crippen LogP contribution is 2.37. The highest BCUT2D eigenvalue weighted by molar-refractivity contribution is 5.48. The van der Waals surface area contributed by atoms with Crippen molar-refractivity contribution in [3.8, 4) is 23.3 Å². The molecule has 0 saturated carbocycles. The highest BCUT2D eigenvalue weighted by atomic mass is 16.6. The van der Waals surface area contributed by atoms with Gasteiger partial charge in [0.25, 0.3) is 0 Å². The molecular weight excluding hydrogens is 228 g/mol. The maximum atomic E-state index is 5.69. The molecule has 1 unspecified atom stereocenters. The smallest absolute Gasteiger partial charge is 0.166 e. The van der Waals surface area contributed by atoms with Crippen molar-refractivity contribution < 1.29 is 9.47 Å². The third kappa shape index (κ3) is 2.76. The first-order valence-corrected chi connectivity index (χ1v) is 6.11. The Morgan fingerprint density at radius 2 is 2.22 bits per heavy atom. The second kappa shape index (κ2) is 6.29. The first-order chi connectivity index (χ1) is 8.86. The molecule has 18 heavy (non-hydrogen) atoms. The van der Waals surface area contributed by atoms with Crippen molar-refractivity contribution >= 4 is 0 Å². The topological polar surface area (TPSA) is 56.5 Å². The molecule has 96 valence electrons. The fraction of sp³-hybridized carbons (Fsp3) is 0.429. The van der Waals surface area contributed by atoms with Crippen molar-refractivity contribution in [1.29, 1.82) is 0 Å². The number of hydrogen-bond acceptors (Lipinski definition) is 4. The predicted molar refractivity (Wildman–Crippen MR) is 70.2 cm³/mol. The van der Waals surface area contributed by atoms with Crippen molar-refractivity contribution in [3.63, 3.8) is 0 Å². The maximum Gasteiger partial charge on any atom is 0.166 e. The Bertz CT molecular complexity index is 463. The molecule has 3 N–H and O–H groups in total. The van der Waals surface area contributed by atoms with Crippen LogP contribution in [0.4, 0.5) is 0 Å². The standard InChI is InChI=1S/C14H18N2O2/c1-2-3-4-7-12(16-15)11-6-5-8-13-14(11)18-10-9-17-13/h5-6,8,12,16H,4,7,9-10,15H2,1H3. The van der Waals surface area contributed by atoms with Crippen LogP contribution in [0.2, 0.25) is 0 Å². The zero-order chi connectivity index (χ0) is 12.8. The minimum Gasteiger partial charge on any atom is -0.486 e. The van der Waals surface area contributed by atoms with Gasteiger partial charge in [-0.2, -0.15) is 0 Å². The quantitative estimate of drug-likeness (QED) is 0.483. The summed E-state index contributed by atoms with van der Waals surface area (Å²) in [5, 5.41) is 0. The minimum absolute atomic E-state index is 0.0301. The molecule has 0 fully saturated rings. The van der Waals surface area contributed by atoms with Crippen molar-refractivity contribution in [1.82, 2.24) is 5.43 Å². The van der Waals surface area contributed by atoms with E-state index < -0.39 is 0 Å². The molecule has 2 rings (SSSR count). The zero-order valence-electron chi connectivity index (χ0n) is 10.5. The third-order valence-electron chi connectivity index (χ3n) is 2.91. The molecule has 1 atom stereocenters. The summed E-state index contributed by atoms with van der Waals surface area (Å²) in [6, 6.07) is 5.91. The Labute approximate surface area is 107 Å².